The zero-order valence-electron chi connectivity index (χ0n) is 15.9. The van der Waals surface area contributed by atoms with E-state index in [2.05, 4.69) is 4.99 Å². The van der Waals surface area contributed by atoms with Crippen LogP contribution in [-0.2, 0) is 4.79 Å². The van der Waals surface area contributed by atoms with Crippen molar-refractivity contribution < 1.29 is 14.5 Å². The number of hydrogen-bond donors (Lipinski definition) is 0. The first kappa shape index (κ1) is 17.9. The summed E-state index contributed by atoms with van der Waals surface area (Å²) in [6.07, 6.45) is 1.59. The molecule has 0 N–H and O–H groups in total. The smallest absolute Gasteiger partial charge is 0.268 e. The van der Waals surface area contributed by atoms with Crippen molar-refractivity contribution in [3.63, 3.8) is 0 Å². The highest BCUT2D eigenvalue weighted by molar-refractivity contribution is 6.35. The minimum absolute atomic E-state index is 0.0599. The van der Waals surface area contributed by atoms with E-state index in [-0.39, 0.29) is 11.3 Å². The summed E-state index contributed by atoms with van der Waals surface area (Å²) < 4.78 is 0. The molecule has 3 aromatic rings. The normalized spacial score (nSPS) is 17.9. The summed E-state index contributed by atoms with van der Waals surface area (Å²) in [5.41, 5.74) is 2.83. The summed E-state index contributed by atoms with van der Waals surface area (Å²) in [4.78, 5) is 41.2. The van der Waals surface area contributed by atoms with Crippen LogP contribution in [0.15, 0.2) is 71.2 Å². The third-order valence-electron chi connectivity index (χ3n) is 5.61. The fraction of sp³-hybridized carbons (Fsp3) is 0.0870. The monoisotopic (exact) mass is 397 g/mol. The average molecular weight is 397 g/mol. The highest BCUT2D eigenvalue weighted by atomic mass is 16.6. The quantitative estimate of drug-likeness (QED) is 0.476. The second-order valence-corrected chi connectivity index (χ2v) is 7.27. The molecule has 3 aromatic carbocycles. The van der Waals surface area contributed by atoms with Gasteiger partial charge < -0.3 is 0 Å². The third-order valence-corrected chi connectivity index (χ3v) is 5.61. The van der Waals surface area contributed by atoms with E-state index in [1.165, 1.54) is 19.2 Å². The molecule has 1 heterocycles. The van der Waals surface area contributed by atoms with E-state index in [9.17, 15) is 19.7 Å². The highest BCUT2D eigenvalue weighted by Crippen LogP contribution is 2.42. The zero-order chi connectivity index (χ0) is 21.0. The Morgan fingerprint density at radius 2 is 1.77 bits per heavy atom. The molecule has 0 saturated carbocycles. The van der Waals surface area contributed by atoms with Gasteiger partial charge in [-0.1, -0.05) is 48.5 Å². The van der Waals surface area contributed by atoms with Gasteiger partial charge in [-0.2, -0.15) is 4.99 Å². The van der Waals surface area contributed by atoms with Crippen LogP contribution in [0, 0.1) is 10.1 Å². The van der Waals surface area contributed by atoms with Gasteiger partial charge in [-0.25, -0.2) is 4.79 Å². The Balaban J connectivity index is 1.84. The number of amides is 3. The highest BCUT2D eigenvalue weighted by Gasteiger charge is 2.39. The third kappa shape index (κ3) is 2.56. The van der Waals surface area contributed by atoms with Gasteiger partial charge in [0, 0.05) is 19.2 Å². The zero-order valence-corrected chi connectivity index (χ0v) is 15.9. The molecule has 0 saturated heterocycles. The molecule has 0 fully saturated rings. The second-order valence-electron chi connectivity index (χ2n) is 7.27. The van der Waals surface area contributed by atoms with Crippen LogP contribution >= 0.6 is 0 Å². The van der Waals surface area contributed by atoms with Gasteiger partial charge in [0.15, 0.2) is 0 Å². The molecule has 30 heavy (non-hydrogen) atoms. The number of hydrogen-bond acceptors (Lipinski definition) is 4. The Hall–Kier alpha value is -4.13. The SMILES string of the molecule is CN1C(=O)N=C2C(=Cc3cc([N+](=O)[O-])ccc3[C@H]2c2cccc3ccccc23)C1=O. The molecule has 1 aliphatic heterocycles. The molecule has 0 unspecified atom stereocenters. The van der Waals surface area contributed by atoms with Gasteiger partial charge in [-0.05, 0) is 33.5 Å². The van der Waals surface area contributed by atoms with Gasteiger partial charge in [-0.15, -0.1) is 0 Å². The van der Waals surface area contributed by atoms with Crippen LogP contribution in [-0.4, -0.2) is 34.5 Å². The number of benzene rings is 3. The molecule has 7 nitrogen and oxygen atoms in total. The maximum Gasteiger partial charge on any atom is 0.350 e. The first-order chi connectivity index (χ1) is 14.5. The Morgan fingerprint density at radius 3 is 2.57 bits per heavy atom. The number of aliphatic imine (C=N–C) groups is 1. The fourth-order valence-electron chi connectivity index (χ4n) is 4.15. The molecule has 2 aliphatic rings. The van der Waals surface area contributed by atoms with Gasteiger partial charge in [-0.3, -0.25) is 19.8 Å². The van der Waals surface area contributed by atoms with Gasteiger partial charge in [0.1, 0.15) is 0 Å². The Kier molecular flexibility index (Phi) is 3.86. The van der Waals surface area contributed by atoms with Crippen LogP contribution in [0.4, 0.5) is 10.5 Å². The van der Waals surface area contributed by atoms with Crippen LogP contribution in [0.3, 0.4) is 0 Å². The first-order valence-corrected chi connectivity index (χ1v) is 9.34. The molecular formula is C23H15N3O4. The van der Waals surface area contributed by atoms with Crippen LogP contribution in [0.1, 0.15) is 22.6 Å². The number of nitro benzene ring substituents is 1. The van der Waals surface area contributed by atoms with Crippen LogP contribution in [0.25, 0.3) is 16.8 Å². The minimum atomic E-state index is -0.622. The van der Waals surface area contributed by atoms with E-state index in [1.54, 1.807) is 12.1 Å². The average Bonchev–Trinajstić information content (AvgIpc) is 2.76. The standard InChI is InChI=1S/C23H15N3O4/c1-25-22(27)19-12-14-11-15(26(29)30)9-10-17(14)20(21(19)24-23(25)28)18-8-4-6-13-5-2-3-7-16(13)18/h2-12,20H,1H3/t20-/m0/s1. The summed E-state index contributed by atoms with van der Waals surface area (Å²) in [6, 6.07) is 17.6. The summed E-state index contributed by atoms with van der Waals surface area (Å²) in [6.45, 7) is 0. The predicted octanol–water partition coefficient (Wildman–Crippen LogP) is 4.31. The number of urea groups is 1. The first-order valence-electron chi connectivity index (χ1n) is 9.34. The van der Waals surface area contributed by atoms with Gasteiger partial charge >= 0.3 is 6.03 Å². The lowest BCUT2D eigenvalue weighted by atomic mass is 9.75. The molecule has 0 aromatic heterocycles. The van der Waals surface area contributed by atoms with Crippen molar-refractivity contribution in [2.24, 2.45) is 4.99 Å². The lowest BCUT2D eigenvalue weighted by molar-refractivity contribution is -0.384. The number of imide groups is 1. The van der Waals surface area contributed by atoms with E-state index in [0.717, 1.165) is 26.8 Å². The molecule has 1 atom stereocenters. The molecule has 7 heteroatoms. The van der Waals surface area contributed by atoms with Crippen LogP contribution in [0.2, 0.25) is 0 Å². The largest absolute Gasteiger partial charge is 0.350 e. The maximum absolute atomic E-state index is 12.9. The molecule has 1 aliphatic carbocycles. The van der Waals surface area contributed by atoms with E-state index >= 15 is 0 Å². The Bertz CT molecular complexity index is 1330. The number of nitrogens with zero attached hydrogens (tertiary/aromatic N) is 3. The summed E-state index contributed by atoms with van der Waals surface area (Å²) >= 11 is 0. The number of nitro groups is 1. The number of likely N-dealkylation sites (N-methyl/N-ethyl adjacent to an activating group) is 1. The van der Waals surface area contributed by atoms with Crippen molar-refractivity contribution in [1.29, 1.82) is 0 Å². The molecule has 3 amide bonds. The summed E-state index contributed by atoms with van der Waals surface area (Å²) in [5, 5.41) is 13.3. The molecule has 0 radical (unpaired) electrons. The van der Waals surface area contributed by atoms with Crippen molar-refractivity contribution in [2.45, 2.75) is 5.92 Å². The van der Waals surface area contributed by atoms with Gasteiger partial charge in [0.2, 0.25) is 0 Å². The lowest BCUT2D eigenvalue weighted by Gasteiger charge is -2.32. The van der Waals surface area contributed by atoms with E-state index in [4.69, 9.17) is 0 Å². The number of non-ortho nitro benzene ring substituents is 1. The number of carbonyl (C=O) groups excluding carboxylic acids is 2. The van der Waals surface area contributed by atoms with Crippen molar-refractivity contribution in [2.75, 3.05) is 7.05 Å². The molecule has 146 valence electrons. The van der Waals surface area contributed by atoms with Crippen molar-refractivity contribution in [1.82, 2.24) is 4.90 Å². The number of rotatable bonds is 2. The molecule has 0 bridgehead atoms. The van der Waals surface area contributed by atoms with Crippen molar-refractivity contribution >= 4 is 40.2 Å². The topological polar surface area (TPSA) is 92.9 Å². The second kappa shape index (κ2) is 6.45. The number of fused-ring (bicyclic) bond motifs is 3. The van der Waals surface area contributed by atoms with Gasteiger partial charge in [0.25, 0.3) is 11.6 Å². The molecular weight excluding hydrogens is 382 g/mol. The number of carbonyl (C=O) groups is 2. The fourth-order valence-corrected chi connectivity index (χ4v) is 4.15. The Labute approximate surface area is 171 Å². The van der Waals surface area contributed by atoms with Crippen LogP contribution in [0.5, 0.6) is 0 Å². The summed E-state index contributed by atoms with van der Waals surface area (Å²) in [5.74, 6) is -0.958. The van der Waals surface area contributed by atoms with E-state index in [0.29, 0.717) is 11.3 Å². The van der Waals surface area contributed by atoms with Crippen molar-refractivity contribution in [3.05, 3.63) is 93.0 Å². The van der Waals surface area contributed by atoms with Gasteiger partial charge in [0.05, 0.1) is 22.1 Å². The van der Waals surface area contributed by atoms with Crippen molar-refractivity contribution in [3.8, 4) is 0 Å². The van der Waals surface area contributed by atoms with E-state index < -0.39 is 22.8 Å². The maximum atomic E-state index is 12.9. The van der Waals surface area contributed by atoms with Crippen LogP contribution < -0.4 is 0 Å². The molecule has 5 rings (SSSR count). The minimum Gasteiger partial charge on any atom is -0.268 e. The lowest BCUT2D eigenvalue weighted by Crippen LogP contribution is -2.42. The predicted molar refractivity (Wildman–Crippen MR) is 112 cm³/mol. The Morgan fingerprint density at radius 1 is 1.00 bits per heavy atom. The summed E-state index contributed by atoms with van der Waals surface area (Å²) in [7, 11) is 1.38. The molecule has 0 spiro atoms. The van der Waals surface area contributed by atoms with E-state index in [1.807, 2.05) is 42.5 Å².